The van der Waals surface area contributed by atoms with Crippen LogP contribution < -0.4 is 10.6 Å². The number of anilines is 1. The number of nitrogens with zero attached hydrogens (tertiary/aromatic N) is 2. The van der Waals surface area contributed by atoms with Gasteiger partial charge in [-0.15, -0.1) is 0 Å². The lowest BCUT2D eigenvalue weighted by Crippen LogP contribution is -2.30. The van der Waals surface area contributed by atoms with Crippen molar-refractivity contribution < 1.29 is 9.72 Å². The second kappa shape index (κ2) is 8.47. The van der Waals surface area contributed by atoms with Gasteiger partial charge < -0.3 is 10.6 Å². The monoisotopic (exact) mass is 378 g/mol. The Hall–Kier alpha value is -3.48. The first-order valence-electron chi connectivity index (χ1n) is 9.06. The molecule has 0 atom stereocenters. The maximum absolute atomic E-state index is 12.4. The smallest absolute Gasteiger partial charge is 0.292 e. The van der Waals surface area contributed by atoms with E-state index in [4.69, 9.17) is 0 Å². The summed E-state index contributed by atoms with van der Waals surface area (Å²) in [7, 11) is 0. The molecule has 2 N–H and O–H groups in total. The molecule has 1 heterocycles. The molecule has 1 amide bonds. The molecule has 0 saturated heterocycles. The van der Waals surface area contributed by atoms with E-state index < -0.39 is 4.92 Å². The zero-order valence-electron chi connectivity index (χ0n) is 15.9. The maximum atomic E-state index is 12.4. The highest BCUT2D eigenvalue weighted by Crippen LogP contribution is 2.23. The van der Waals surface area contributed by atoms with Crippen molar-refractivity contribution in [3.05, 3.63) is 75.5 Å². The number of rotatable bonds is 7. The van der Waals surface area contributed by atoms with Crippen molar-refractivity contribution in [3.8, 4) is 0 Å². The van der Waals surface area contributed by atoms with E-state index >= 15 is 0 Å². The third-order valence-corrected chi connectivity index (χ3v) is 4.69. The number of para-hydroxylation sites is 3. The number of amides is 1. The Morgan fingerprint density at radius 1 is 1.07 bits per heavy atom. The van der Waals surface area contributed by atoms with Crippen molar-refractivity contribution in [2.75, 3.05) is 18.4 Å². The number of aryl methyl sites for hydroxylation is 2. The third-order valence-electron chi connectivity index (χ3n) is 4.69. The molecule has 28 heavy (non-hydrogen) atoms. The number of carbonyl (C=O) groups is 1. The lowest BCUT2D eigenvalue weighted by atomic mass is 9.99. The van der Waals surface area contributed by atoms with Crippen LogP contribution in [0.3, 0.4) is 0 Å². The molecule has 0 spiro atoms. The summed E-state index contributed by atoms with van der Waals surface area (Å²) in [6.07, 6.45) is 0.251. The fourth-order valence-electron chi connectivity index (χ4n) is 3.24. The average molecular weight is 378 g/mol. The highest BCUT2D eigenvalue weighted by molar-refractivity contribution is 5.86. The predicted molar refractivity (Wildman–Crippen MR) is 110 cm³/mol. The maximum Gasteiger partial charge on any atom is 0.292 e. The van der Waals surface area contributed by atoms with Crippen LogP contribution in [0.25, 0.3) is 10.9 Å². The van der Waals surface area contributed by atoms with Gasteiger partial charge in [-0.25, -0.2) is 0 Å². The van der Waals surface area contributed by atoms with Crippen LogP contribution >= 0.6 is 0 Å². The van der Waals surface area contributed by atoms with Gasteiger partial charge in [0.25, 0.3) is 5.69 Å². The van der Waals surface area contributed by atoms with Crippen LogP contribution in [-0.2, 0) is 11.2 Å². The van der Waals surface area contributed by atoms with Gasteiger partial charge in [0.2, 0.25) is 5.91 Å². The van der Waals surface area contributed by atoms with E-state index in [2.05, 4.69) is 15.6 Å². The summed E-state index contributed by atoms with van der Waals surface area (Å²) in [5, 5.41) is 17.9. The topological polar surface area (TPSA) is 97.2 Å². The molecular weight excluding hydrogens is 356 g/mol. The lowest BCUT2D eigenvalue weighted by Gasteiger charge is -2.13. The van der Waals surface area contributed by atoms with E-state index in [9.17, 15) is 14.9 Å². The number of aromatic nitrogens is 1. The van der Waals surface area contributed by atoms with Gasteiger partial charge in [-0.05, 0) is 37.1 Å². The summed E-state index contributed by atoms with van der Waals surface area (Å²) in [6, 6.07) is 14.3. The summed E-state index contributed by atoms with van der Waals surface area (Å²) in [6.45, 7) is 4.68. The highest BCUT2D eigenvalue weighted by atomic mass is 16.6. The van der Waals surface area contributed by atoms with Crippen molar-refractivity contribution in [3.63, 3.8) is 0 Å². The molecule has 144 valence electrons. The fraction of sp³-hybridized carbons (Fsp3) is 0.238. The molecule has 0 aliphatic heterocycles. The van der Waals surface area contributed by atoms with Crippen LogP contribution in [0, 0.1) is 24.0 Å². The molecule has 7 heteroatoms. The van der Waals surface area contributed by atoms with E-state index in [0.717, 1.165) is 27.7 Å². The molecule has 2 aromatic carbocycles. The van der Waals surface area contributed by atoms with Crippen LogP contribution in [0.4, 0.5) is 11.4 Å². The van der Waals surface area contributed by atoms with Gasteiger partial charge >= 0.3 is 0 Å². The zero-order valence-corrected chi connectivity index (χ0v) is 15.9. The molecule has 0 saturated carbocycles. The number of nitrogens with one attached hydrogen (secondary N) is 2. The van der Waals surface area contributed by atoms with Crippen molar-refractivity contribution in [1.29, 1.82) is 0 Å². The van der Waals surface area contributed by atoms with Crippen LogP contribution in [0.15, 0.2) is 48.5 Å². The third kappa shape index (κ3) is 4.25. The van der Waals surface area contributed by atoms with Gasteiger partial charge in [0.15, 0.2) is 0 Å². The second-order valence-electron chi connectivity index (χ2n) is 6.55. The number of nitro groups is 1. The quantitative estimate of drug-likeness (QED) is 0.372. The Kier molecular flexibility index (Phi) is 5.84. The van der Waals surface area contributed by atoms with Crippen molar-refractivity contribution in [2.24, 2.45) is 0 Å². The average Bonchev–Trinajstić information content (AvgIpc) is 2.68. The number of hydrogen-bond donors (Lipinski definition) is 2. The largest absolute Gasteiger partial charge is 0.378 e. The number of benzene rings is 2. The van der Waals surface area contributed by atoms with Gasteiger partial charge in [-0.2, -0.15) is 0 Å². The van der Waals surface area contributed by atoms with E-state index in [0.29, 0.717) is 18.8 Å². The first-order chi connectivity index (χ1) is 13.5. The Labute approximate surface area is 162 Å². The second-order valence-corrected chi connectivity index (χ2v) is 6.55. The number of nitro benzene ring substituents is 1. The van der Waals surface area contributed by atoms with Crippen LogP contribution in [-0.4, -0.2) is 28.9 Å². The molecule has 0 aliphatic rings. The van der Waals surface area contributed by atoms with Gasteiger partial charge in [0, 0.05) is 30.2 Å². The van der Waals surface area contributed by atoms with Gasteiger partial charge in [-0.1, -0.05) is 30.3 Å². The summed E-state index contributed by atoms with van der Waals surface area (Å²) in [5.74, 6) is -0.104. The van der Waals surface area contributed by atoms with E-state index in [-0.39, 0.29) is 18.0 Å². The lowest BCUT2D eigenvalue weighted by molar-refractivity contribution is -0.384. The Balaban J connectivity index is 1.58. The van der Waals surface area contributed by atoms with Gasteiger partial charge in [0.05, 0.1) is 16.9 Å². The Morgan fingerprint density at radius 3 is 2.57 bits per heavy atom. The molecule has 1 aromatic heterocycles. The first kappa shape index (κ1) is 19.3. The highest BCUT2D eigenvalue weighted by Gasteiger charge is 2.14. The van der Waals surface area contributed by atoms with Crippen LogP contribution in [0.5, 0.6) is 0 Å². The van der Waals surface area contributed by atoms with E-state index in [1.54, 1.807) is 18.2 Å². The molecule has 0 unspecified atom stereocenters. The molecule has 0 bridgehead atoms. The van der Waals surface area contributed by atoms with Crippen molar-refractivity contribution in [2.45, 2.75) is 20.3 Å². The van der Waals surface area contributed by atoms with Crippen LogP contribution in [0.1, 0.15) is 16.8 Å². The summed E-state index contributed by atoms with van der Waals surface area (Å²) in [4.78, 5) is 27.5. The summed E-state index contributed by atoms with van der Waals surface area (Å²) < 4.78 is 0. The minimum Gasteiger partial charge on any atom is -0.378 e. The molecule has 3 rings (SSSR count). The first-order valence-corrected chi connectivity index (χ1v) is 9.06. The van der Waals surface area contributed by atoms with E-state index in [1.807, 2.05) is 38.1 Å². The number of hydrogen-bond acceptors (Lipinski definition) is 5. The Bertz CT molecular complexity index is 1030. The van der Waals surface area contributed by atoms with E-state index in [1.165, 1.54) is 6.07 Å². The normalized spacial score (nSPS) is 10.6. The fourth-order valence-corrected chi connectivity index (χ4v) is 3.24. The number of carbonyl (C=O) groups excluding carboxylic acids is 1. The molecular formula is C21H22N4O3. The predicted octanol–water partition coefficient (Wildman–Crippen LogP) is 3.53. The summed E-state index contributed by atoms with van der Waals surface area (Å²) in [5.41, 5.74) is 4.23. The summed E-state index contributed by atoms with van der Waals surface area (Å²) >= 11 is 0. The molecule has 7 nitrogen and oxygen atoms in total. The number of fused-ring (bicyclic) bond motifs is 1. The molecule has 3 aromatic rings. The van der Waals surface area contributed by atoms with Crippen molar-refractivity contribution >= 4 is 28.2 Å². The van der Waals surface area contributed by atoms with Crippen LogP contribution in [0.2, 0.25) is 0 Å². The van der Waals surface area contributed by atoms with Gasteiger partial charge in [-0.3, -0.25) is 19.9 Å². The molecule has 0 fully saturated rings. The minimum absolute atomic E-state index is 0.0160. The Morgan fingerprint density at radius 2 is 1.79 bits per heavy atom. The molecule has 0 aliphatic carbocycles. The standard InChI is InChI=1S/C21H22N4O3/c1-14-16-7-3-4-8-18(16)24-15(2)17(14)13-21(26)23-12-11-22-19-9-5-6-10-20(19)25(27)28/h3-10,22H,11-13H2,1-2H3,(H,23,26). The number of pyridine rings is 1. The molecule has 0 radical (unpaired) electrons. The van der Waals surface area contributed by atoms with Gasteiger partial charge in [0.1, 0.15) is 5.69 Å². The SMILES string of the molecule is Cc1nc2ccccc2c(C)c1CC(=O)NCCNc1ccccc1[N+](=O)[O-]. The van der Waals surface area contributed by atoms with Crippen molar-refractivity contribution in [1.82, 2.24) is 10.3 Å². The minimum atomic E-state index is -0.431. The zero-order chi connectivity index (χ0) is 20.1.